The summed E-state index contributed by atoms with van der Waals surface area (Å²) in [7, 11) is -4.34. The molecule has 1 N–H and O–H groups in total. The number of cyclic esters (lactones) is 1. The Hall–Kier alpha value is -2.66. The molecule has 1 aliphatic heterocycles. The van der Waals surface area contributed by atoms with E-state index >= 15 is 0 Å². The minimum absolute atomic E-state index is 0.117. The third-order valence-electron chi connectivity index (χ3n) is 5.55. The van der Waals surface area contributed by atoms with Crippen molar-refractivity contribution in [3.05, 3.63) is 63.2 Å². The number of hydrogen-bond donors (Lipinski definition) is 1. The summed E-state index contributed by atoms with van der Waals surface area (Å²) in [5.41, 5.74) is -0.918. The van der Waals surface area contributed by atoms with Crippen LogP contribution < -0.4 is 4.90 Å². The molecule has 0 saturated carbocycles. The van der Waals surface area contributed by atoms with Crippen LogP contribution in [0.4, 0.5) is 28.0 Å². The predicted molar refractivity (Wildman–Crippen MR) is 112 cm³/mol. The zero-order chi connectivity index (χ0) is 24.7. The van der Waals surface area contributed by atoms with Gasteiger partial charge < -0.3 is 9.84 Å². The van der Waals surface area contributed by atoms with E-state index < -0.39 is 74.5 Å². The summed E-state index contributed by atoms with van der Waals surface area (Å²) in [5.74, 6) is -8.89. The Bertz CT molecular complexity index is 1190. The van der Waals surface area contributed by atoms with Crippen LogP contribution in [0, 0.1) is 30.2 Å². The lowest BCUT2D eigenvalue weighted by atomic mass is 9.95. The highest BCUT2D eigenvalue weighted by molar-refractivity contribution is 7.89. The maximum atomic E-state index is 14.2. The molecule has 0 spiro atoms. The molecule has 1 heterocycles. The molecule has 3 rings (SSSR count). The maximum absolute atomic E-state index is 14.2. The van der Waals surface area contributed by atoms with Gasteiger partial charge >= 0.3 is 6.09 Å². The molecule has 0 fully saturated rings. The molecule has 180 valence electrons. The van der Waals surface area contributed by atoms with Crippen LogP contribution >= 0.6 is 0 Å². The molecule has 6 nitrogen and oxygen atoms in total. The Morgan fingerprint density at radius 3 is 2.18 bits per heavy atom. The minimum atomic E-state index is -4.34. The van der Waals surface area contributed by atoms with Gasteiger partial charge in [-0.3, -0.25) is 4.90 Å². The van der Waals surface area contributed by atoms with Gasteiger partial charge in [0.05, 0.1) is 23.8 Å². The van der Waals surface area contributed by atoms with E-state index in [1.807, 2.05) is 6.92 Å². The number of hydrogen-bond acceptors (Lipinski definition) is 5. The number of carbonyl (C=O) groups excluding carboxylic acids is 1. The van der Waals surface area contributed by atoms with Crippen molar-refractivity contribution in [2.75, 3.05) is 11.4 Å². The van der Waals surface area contributed by atoms with E-state index in [-0.39, 0.29) is 11.1 Å². The minimum Gasteiger partial charge on any atom is -0.441 e. The van der Waals surface area contributed by atoms with Crippen molar-refractivity contribution in [2.45, 2.75) is 51.4 Å². The van der Waals surface area contributed by atoms with Crippen LogP contribution in [0.2, 0.25) is 0 Å². The van der Waals surface area contributed by atoms with Crippen molar-refractivity contribution in [1.29, 1.82) is 0 Å². The van der Waals surface area contributed by atoms with Crippen LogP contribution in [0.15, 0.2) is 12.1 Å². The van der Waals surface area contributed by atoms with Gasteiger partial charge in [-0.05, 0) is 37.5 Å². The van der Waals surface area contributed by atoms with E-state index in [0.717, 1.165) is 6.92 Å². The van der Waals surface area contributed by atoms with Gasteiger partial charge in [0, 0.05) is 23.2 Å². The van der Waals surface area contributed by atoms with E-state index in [2.05, 4.69) is 0 Å². The van der Waals surface area contributed by atoms with E-state index in [4.69, 9.17) is 4.74 Å². The van der Waals surface area contributed by atoms with Gasteiger partial charge in [-0.1, -0.05) is 13.0 Å². The molecule has 2 aromatic rings. The summed E-state index contributed by atoms with van der Waals surface area (Å²) in [5, 5.41) is 9.98. The number of rotatable bonds is 7. The van der Waals surface area contributed by atoms with Crippen molar-refractivity contribution in [3.63, 3.8) is 0 Å². The summed E-state index contributed by atoms with van der Waals surface area (Å²) >= 11 is 0. The fourth-order valence-electron chi connectivity index (χ4n) is 3.94. The van der Waals surface area contributed by atoms with Crippen LogP contribution in [0.1, 0.15) is 54.2 Å². The first-order valence-corrected chi connectivity index (χ1v) is 12.0. The second kappa shape index (κ2) is 9.30. The highest BCUT2D eigenvalue weighted by atomic mass is 32.2. The van der Waals surface area contributed by atoms with Crippen molar-refractivity contribution in [3.8, 4) is 0 Å². The van der Waals surface area contributed by atoms with Gasteiger partial charge in [-0.2, -0.15) is 0 Å². The highest BCUT2D eigenvalue weighted by Gasteiger charge is 2.34. The van der Waals surface area contributed by atoms with Gasteiger partial charge in [0.15, 0.2) is 33.1 Å². The highest BCUT2D eigenvalue weighted by Crippen LogP contribution is 2.39. The largest absolute Gasteiger partial charge is 0.441 e. The van der Waals surface area contributed by atoms with Crippen molar-refractivity contribution < 1.29 is 40.6 Å². The fourth-order valence-corrected chi connectivity index (χ4v) is 5.48. The smallest absolute Gasteiger partial charge is 0.414 e. The molecule has 33 heavy (non-hydrogen) atoms. The van der Waals surface area contributed by atoms with E-state index in [1.54, 1.807) is 6.92 Å². The number of nitrogens with zero attached hydrogens (tertiary/aromatic N) is 1. The number of fused-ring (bicyclic) bond motifs is 1. The molecule has 2 aromatic carbocycles. The van der Waals surface area contributed by atoms with Crippen LogP contribution in [0.25, 0.3) is 0 Å². The van der Waals surface area contributed by atoms with Gasteiger partial charge in [0.2, 0.25) is 0 Å². The van der Waals surface area contributed by atoms with Crippen LogP contribution in [-0.2, 0) is 32.7 Å². The molecule has 0 bridgehead atoms. The summed E-state index contributed by atoms with van der Waals surface area (Å²) in [4.78, 5) is 13.6. The lowest BCUT2D eigenvalue weighted by molar-refractivity contribution is 0.106. The zero-order valence-corrected chi connectivity index (χ0v) is 19.0. The molecule has 1 amide bonds. The van der Waals surface area contributed by atoms with Gasteiger partial charge in [0.25, 0.3) is 0 Å². The first-order chi connectivity index (χ1) is 15.4. The van der Waals surface area contributed by atoms with E-state index in [1.165, 1.54) is 17.0 Å². The van der Waals surface area contributed by atoms with Gasteiger partial charge in [-0.15, -0.1) is 0 Å². The number of amides is 1. The molecule has 0 aliphatic carbocycles. The first kappa shape index (κ1) is 25.0. The molecule has 0 aromatic heterocycles. The fraction of sp³-hybridized carbons (Fsp3) is 0.409. The van der Waals surface area contributed by atoms with Crippen LogP contribution in [0.5, 0.6) is 0 Å². The molecule has 0 radical (unpaired) electrons. The number of aliphatic hydroxyl groups excluding tert-OH is 1. The van der Waals surface area contributed by atoms with Crippen molar-refractivity contribution in [1.82, 2.24) is 0 Å². The number of carbonyl (C=O) groups is 1. The summed E-state index contributed by atoms with van der Waals surface area (Å²) in [6.45, 7) is 4.01. The predicted octanol–water partition coefficient (Wildman–Crippen LogP) is 4.59. The van der Waals surface area contributed by atoms with E-state index in [0.29, 0.717) is 24.2 Å². The van der Waals surface area contributed by atoms with Gasteiger partial charge in [-0.25, -0.2) is 30.8 Å². The van der Waals surface area contributed by atoms with Crippen LogP contribution in [0.3, 0.4) is 0 Å². The molecule has 11 heteroatoms. The van der Waals surface area contributed by atoms with Gasteiger partial charge in [0.1, 0.15) is 6.10 Å². The lowest BCUT2D eigenvalue weighted by Gasteiger charge is -2.34. The third-order valence-corrected chi connectivity index (χ3v) is 7.02. The number of ether oxygens (including phenoxy) is 1. The SMILES string of the molecule is CCCN1C(=O)OC(C)c2c1ccc(CS(=O)(=O)Cc1c(F)c(F)c(C)c(F)c1F)c2CO. The number of aliphatic hydroxyl groups is 1. The van der Waals surface area contributed by atoms with Crippen molar-refractivity contribution in [2.24, 2.45) is 0 Å². The van der Waals surface area contributed by atoms with E-state index in [9.17, 15) is 35.9 Å². The number of benzene rings is 2. The Morgan fingerprint density at radius 1 is 1.03 bits per heavy atom. The second-order valence-electron chi connectivity index (χ2n) is 7.86. The molecule has 1 atom stereocenters. The molecular formula is C22H23F4NO5S. The maximum Gasteiger partial charge on any atom is 0.414 e. The van der Waals surface area contributed by atoms with Crippen molar-refractivity contribution >= 4 is 21.6 Å². The zero-order valence-electron chi connectivity index (χ0n) is 18.2. The lowest BCUT2D eigenvalue weighted by Crippen LogP contribution is -2.38. The average Bonchev–Trinajstić information content (AvgIpc) is 2.76. The quantitative estimate of drug-likeness (QED) is 0.455. The first-order valence-electron chi connectivity index (χ1n) is 10.2. The molecular weight excluding hydrogens is 466 g/mol. The Balaban J connectivity index is 2.02. The Labute approximate surface area is 188 Å². The Kier molecular flexibility index (Phi) is 7.04. The average molecular weight is 489 g/mol. The topological polar surface area (TPSA) is 83.9 Å². The monoisotopic (exact) mass is 489 g/mol. The normalized spacial score (nSPS) is 16.1. The third kappa shape index (κ3) is 4.56. The summed E-state index contributed by atoms with van der Waals surface area (Å²) < 4.78 is 87.0. The standard InChI is InChI=1S/C22H23F4NO5S/c1-4-7-27-16-6-5-13(14(8-28)17(16)12(3)32-22(27)29)9-33(30,31)10-15-20(25)18(23)11(2)19(24)21(15)26/h5-6,12,28H,4,7-10H2,1-3H3. The van der Waals surface area contributed by atoms with Crippen LogP contribution in [-0.4, -0.2) is 26.2 Å². The Morgan fingerprint density at radius 2 is 1.64 bits per heavy atom. The molecule has 0 saturated heterocycles. The number of halogens is 4. The summed E-state index contributed by atoms with van der Waals surface area (Å²) in [6, 6.07) is 2.90. The molecule has 1 aliphatic rings. The number of anilines is 1. The molecule has 1 unspecified atom stereocenters. The number of sulfone groups is 1. The second-order valence-corrected chi connectivity index (χ2v) is 9.93. The summed E-state index contributed by atoms with van der Waals surface area (Å²) in [6.07, 6.45) is -0.732.